The molecule has 3 aromatic rings. The van der Waals surface area contributed by atoms with Crippen LogP contribution >= 0.6 is 11.6 Å². The maximum Gasteiger partial charge on any atom is 0.341 e. The highest BCUT2D eigenvalue weighted by Crippen LogP contribution is 2.14. The van der Waals surface area contributed by atoms with Crippen LogP contribution in [0.25, 0.3) is 5.78 Å². The zero-order valence-electron chi connectivity index (χ0n) is 11.9. The Labute approximate surface area is 131 Å². The summed E-state index contributed by atoms with van der Waals surface area (Å²) in [5.74, 6) is 0.0185. The van der Waals surface area contributed by atoms with E-state index in [1.807, 2.05) is 19.1 Å². The zero-order chi connectivity index (χ0) is 15.5. The number of hydrogen-bond donors (Lipinski definition) is 0. The monoisotopic (exact) mass is 316 g/mol. The molecule has 0 N–H and O–H groups in total. The molecule has 1 aromatic carbocycles. The number of benzene rings is 1. The Kier molecular flexibility index (Phi) is 4.02. The first-order chi connectivity index (χ1) is 10.7. The van der Waals surface area contributed by atoms with Gasteiger partial charge in [-0.2, -0.15) is 10.1 Å². The minimum Gasteiger partial charge on any atom is -0.457 e. The molecule has 0 aliphatic carbocycles. The molecule has 0 saturated carbocycles. The molecule has 2 aromatic heterocycles. The molecule has 22 heavy (non-hydrogen) atoms. The number of halogens is 1. The van der Waals surface area contributed by atoms with Crippen molar-refractivity contribution in [2.24, 2.45) is 0 Å². The van der Waals surface area contributed by atoms with Crippen LogP contribution in [0.15, 0.2) is 36.8 Å². The van der Waals surface area contributed by atoms with Crippen molar-refractivity contribution in [3.8, 4) is 0 Å². The number of fused-ring (bicyclic) bond motifs is 1. The van der Waals surface area contributed by atoms with Gasteiger partial charge in [-0.05, 0) is 24.1 Å². The minimum atomic E-state index is -0.443. The molecule has 3 rings (SSSR count). The van der Waals surface area contributed by atoms with E-state index in [1.165, 1.54) is 12.5 Å². The maximum absolute atomic E-state index is 12.3. The van der Waals surface area contributed by atoms with Crippen LogP contribution in [-0.4, -0.2) is 25.6 Å². The standard InChI is InChI=1S/C15H13ClN4O2/c1-2-13-12(7-17-15-18-9-19-20(13)15)14(21)22-8-10-4-3-5-11(16)6-10/h3-7,9H,2,8H2,1H3. The number of aryl methyl sites for hydroxylation is 1. The van der Waals surface area contributed by atoms with Gasteiger partial charge in [0.2, 0.25) is 0 Å². The van der Waals surface area contributed by atoms with Crippen molar-refractivity contribution >= 4 is 23.3 Å². The second-order valence-corrected chi connectivity index (χ2v) is 5.09. The van der Waals surface area contributed by atoms with Crippen LogP contribution in [0.3, 0.4) is 0 Å². The third-order valence-corrected chi connectivity index (χ3v) is 3.45. The normalized spacial score (nSPS) is 10.8. The molecule has 0 aliphatic rings. The average Bonchev–Trinajstić information content (AvgIpc) is 3.00. The average molecular weight is 317 g/mol. The van der Waals surface area contributed by atoms with E-state index in [4.69, 9.17) is 16.3 Å². The van der Waals surface area contributed by atoms with E-state index in [2.05, 4.69) is 15.1 Å². The Morgan fingerprint density at radius 2 is 2.23 bits per heavy atom. The molecular formula is C15H13ClN4O2. The van der Waals surface area contributed by atoms with Gasteiger partial charge in [0.1, 0.15) is 12.9 Å². The van der Waals surface area contributed by atoms with E-state index in [0.29, 0.717) is 22.8 Å². The first-order valence-electron chi connectivity index (χ1n) is 6.78. The van der Waals surface area contributed by atoms with Gasteiger partial charge in [-0.1, -0.05) is 30.7 Å². The first kappa shape index (κ1) is 14.5. The van der Waals surface area contributed by atoms with Gasteiger partial charge in [0.15, 0.2) is 0 Å². The van der Waals surface area contributed by atoms with E-state index < -0.39 is 5.97 Å². The molecule has 0 atom stereocenters. The summed E-state index contributed by atoms with van der Waals surface area (Å²) < 4.78 is 6.89. The van der Waals surface area contributed by atoms with Crippen LogP contribution in [0.1, 0.15) is 28.5 Å². The number of nitrogens with zero attached hydrogens (tertiary/aromatic N) is 4. The van der Waals surface area contributed by atoms with Crippen LogP contribution in [0, 0.1) is 0 Å². The Hall–Kier alpha value is -2.47. The zero-order valence-corrected chi connectivity index (χ0v) is 12.6. The Balaban J connectivity index is 1.83. The third kappa shape index (κ3) is 2.78. The van der Waals surface area contributed by atoms with Crippen molar-refractivity contribution in [1.29, 1.82) is 0 Å². The number of carbonyl (C=O) groups excluding carboxylic acids is 1. The molecule has 0 unspecified atom stereocenters. The lowest BCUT2D eigenvalue weighted by atomic mass is 10.2. The number of hydrogen-bond acceptors (Lipinski definition) is 5. The largest absolute Gasteiger partial charge is 0.457 e. The summed E-state index contributed by atoms with van der Waals surface area (Å²) in [6.07, 6.45) is 3.50. The fraction of sp³-hybridized carbons (Fsp3) is 0.200. The van der Waals surface area contributed by atoms with Gasteiger partial charge < -0.3 is 4.74 Å². The molecule has 112 valence electrons. The van der Waals surface area contributed by atoms with E-state index in [9.17, 15) is 4.79 Å². The van der Waals surface area contributed by atoms with E-state index >= 15 is 0 Å². The summed E-state index contributed by atoms with van der Waals surface area (Å²) in [7, 11) is 0. The number of ether oxygens (including phenoxy) is 1. The number of esters is 1. The van der Waals surface area contributed by atoms with Crippen molar-refractivity contribution in [1.82, 2.24) is 19.6 Å². The highest BCUT2D eigenvalue weighted by Gasteiger charge is 2.17. The third-order valence-electron chi connectivity index (χ3n) is 3.22. The minimum absolute atomic E-state index is 0.151. The summed E-state index contributed by atoms with van der Waals surface area (Å²) in [6, 6.07) is 7.18. The molecule has 0 amide bonds. The molecule has 6 nitrogen and oxygen atoms in total. The summed E-state index contributed by atoms with van der Waals surface area (Å²) in [5.41, 5.74) is 1.94. The molecule has 0 radical (unpaired) electrons. The van der Waals surface area contributed by atoms with Crippen molar-refractivity contribution in [2.45, 2.75) is 20.0 Å². The lowest BCUT2D eigenvalue weighted by Crippen LogP contribution is -2.13. The van der Waals surface area contributed by atoms with Gasteiger partial charge in [-0.25, -0.2) is 14.3 Å². The van der Waals surface area contributed by atoms with Crippen LogP contribution in [0.4, 0.5) is 0 Å². The molecule has 0 aliphatic heterocycles. The van der Waals surface area contributed by atoms with Crippen molar-refractivity contribution in [3.05, 3.63) is 58.6 Å². The second-order valence-electron chi connectivity index (χ2n) is 4.65. The predicted octanol–water partition coefficient (Wildman–Crippen LogP) is 2.70. The molecular weight excluding hydrogens is 304 g/mol. The molecule has 0 saturated heterocycles. The van der Waals surface area contributed by atoms with Crippen LogP contribution in [0.2, 0.25) is 5.02 Å². The number of carbonyl (C=O) groups is 1. The van der Waals surface area contributed by atoms with E-state index in [0.717, 1.165) is 11.3 Å². The number of aromatic nitrogens is 4. The first-order valence-corrected chi connectivity index (χ1v) is 7.16. The van der Waals surface area contributed by atoms with Gasteiger partial charge in [0, 0.05) is 11.2 Å². The highest BCUT2D eigenvalue weighted by molar-refractivity contribution is 6.30. The topological polar surface area (TPSA) is 69.4 Å². The summed E-state index contributed by atoms with van der Waals surface area (Å²) in [4.78, 5) is 20.4. The van der Waals surface area contributed by atoms with Gasteiger partial charge in [-0.3, -0.25) is 0 Å². The Morgan fingerprint density at radius 3 is 3.00 bits per heavy atom. The molecule has 0 bridgehead atoms. The van der Waals surface area contributed by atoms with Gasteiger partial charge in [0.05, 0.1) is 11.3 Å². The number of rotatable bonds is 4. The van der Waals surface area contributed by atoms with E-state index in [-0.39, 0.29) is 6.61 Å². The predicted molar refractivity (Wildman–Crippen MR) is 80.7 cm³/mol. The van der Waals surface area contributed by atoms with Crippen LogP contribution in [0.5, 0.6) is 0 Å². The SMILES string of the molecule is CCc1c(C(=O)OCc2cccc(Cl)c2)cnc2ncnn12. The highest BCUT2D eigenvalue weighted by atomic mass is 35.5. The van der Waals surface area contributed by atoms with Gasteiger partial charge in [0.25, 0.3) is 5.78 Å². The fourth-order valence-corrected chi connectivity index (χ4v) is 2.40. The summed E-state index contributed by atoms with van der Waals surface area (Å²) >= 11 is 5.91. The molecule has 0 fully saturated rings. The lowest BCUT2D eigenvalue weighted by Gasteiger charge is -2.09. The van der Waals surface area contributed by atoms with Crippen molar-refractivity contribution in [3.63, 3.8) is 0 Å². The van der Waals surface area contributed by atoms with Crippen LogP contribution < -0.4 is 0 Å². The van der Waals surface area contributed by atoms with Crippen LogP contribution in [-0.2, 0) is 17.8 Å². The Bertz CT molecular complexity index is 831. The van der Waals surface area contributed by atoms with Crippen molar-refractivity contribution < 1.29 is 9.53 Å². The van der Waals surface area contributed by atoms with Gasteiger partial charge >= 0.3 is 5.97 Å². The summed E-state index contributed by atoms with van der Waals surface area (Å²) in [6.45, 7) is 2.09. The Morgan fingerprint density at radius 1 is 1.36 bits per heavy atom. The molecule has 0 spiro atoms. The fourth-order valence-electron chi connectivity index (χ4n) is 2.19. The van der Waals surface area contributed by atoms with E-state index in [1.54, 1.807) is 16.6 Å². The van der Waals surface area contributed by atoms with Gasteiger partial charge in [-0.15, -0.1) is 0 Å². The quantitative estimate of drug-likeness (QED) is 0.692. The smallest absolute Gasteiger partial charge is 0.341 e. The molecule has 7 heteroatoms. The molecule has 2 heterocycles. The summed E-state index contributed by atoms with van der Waals surface area (Å²) in [5, 5.41) is 4.69. The lowest BCUT2D eigenvalue weighted by molar-refractivity contribution is 0.0470. The second kappa shape index (κ2) is 6.11. The van der Waals surface area contributed by atoms with Crippen molar-refractivity contribution in [2.75, 3.05) is 0 Å². The maximum atomic E-state index is 12.3.